The van der Waals surface area contributed by atoms with Gasteiger partial charge in [0.25, 0.3) is 0 Å². The highest BCUT2D eigenvalue weighted by atomic mass is 16.7. The molecule has 25 heavy (non-hydrogen) atoms. The first-order valence-corrected chi connectivity index (χ1v) is 8.78. The number of carbonyl (C=O) groups is 2. The largest absolute Gasteiger partial charge is 0.493 e. The number of fused-ring (bicyclic) bond motifs is 3. The van der Waals surface area contributed by atoms with Crippen LogP contribution in [-0.2, 0) is 14.3 Å². The molecule has 1 fully saturated rings. The van der Waals surface area contributed by atoms with Crippen molar-refractivity contribution >= 4 is 11.6 Å². The Bertz CT molecular complexity index is 780. The molecule has 1 aromatic rings. The van der Waals surface area contributed by atoms with Gasteiger partial charge in [-0.25, -0.2) is 0 Å². The molecule has 0 N–H and O–H groups in total. The minimum absolute atomic E-state index is 0.0157. The van der Waals surface area contributed by atoms with Crippen LogP contribution in [0.2, 0.25) is 0 Å². The lowest BCUT2D eigenvalue weighted by molar-refractivity contribution is -0.136. The first kappa shape index (κ1) is 16.2. The fourth-order valence-corrected chi connectivity index (χ4v) is 4.83. The number of ketones is 2. The Labute approximate surface area is 146 Å². The van der Waals surface area contributed by atoms with E-state index in [0.29, 0.717) is 17.3 Å². The molecule has 2 aliphatic carbocycles. The zero-order valence-corrected chi connectivity index (χ0v) is 14.7. The summed E-state index contributed by atoms with van der Waals surface area (Å²) in [5, 5.41) is 0. The monoisotopic (exact) mass is 342 g/mol. The van der Waals surface area contributed by atoms with Crippen LogP contribution in [0.4, 0.5) is 0 Å². The standard InChI is InChI=1S/C20H22O5/c1-4-7-20-9-15(23-3)18(21)17(19(20)22)16(11(20)2)12-5-6-13-14(8-12)25-10-24-13/h5-6,8-9,11,16-17H,4,7,10H2,1-3H3/t11-,16-,17-,20-/m0/s1. The van der Waals surface area contributed by atoms with Crippen LogP contribution in [0.25, 0.3) is 0 Å². The van der Waals surface area contributed by atoms with Crippen LogP contribution in [0.15, 0.2) is 30.0 Å². The fraction of sp³-hybridized carbons (Fsp3) is 0.500. The van der Waals surface area contributed by atoms with E-state index in [4.69, 9.17) is 14.2 Å². The molecule has 0 unspecified atom stereocenters. The van der Waals surface area contributed by atoms with Crippen molar-refractivity contribution in [1.82, 2.24) is 0 Å². The smallest absolute Gasteiger partial charge is 0.231 e. The topological polar surface area (TPSA) is 61.8 Å². The van der Waals surface area contributed by atoms with Gasteiger partial charge in [0.15, 0.2) is 23.0 Å². The number of carbonyl (C=O) groups excluding carboxylic acids is 2. The highest BCUT2D eigenvalue weighted by Crippen LogP contribution is 2.59. The third kappa shape index (κ3) is 2.08. The van der Waals surface area contributed by atoms with Crippen molar-refractivity contribution in [2.45, 2.75) is 32.6 Å². The van der Waals surface area contributed by atoms with Crippen molar-refractivity contribution in [3.63, 3.8) is 0 Å². The van der Waals surface area contributed by atoms with E-state index in [1.165, 1.54) is 7.11 Å². The molecule has 0 radical (unpaired) electrons. The number of Topliss-reactive ketones (excluding diaryl/α,β-unsaturated/α-hetero) is 2. The van der Waals surface area contributed by atoms with Gasteiger partial charge in [-0.1, -0.05) is 26.3 Å². The van der Waals surface area contributed by atoms with Gasteiger partial charge in [0.1, 0.15) is 0 Å². The number of benzene rings is 1. The molecule has 0 amide bonds. The minimum atomic E-state index is -0.679. The summed E-state index contributed by atoms with van der Waals surface area (Å²) in [5.41, 5.74) is 0.326. The number of ether oxygens (including phenoxy) is 3. The van der Waals surface area contributed by atoms with Crippen molar-refractivity contribution in [2.24, 2.45) is 17.3 Å². The van der Waals surface area contributed by atoms with Crippen LogP contribution in [-0.4, -0.2) is 25.5 Å². The second-order valence-corrected chi connectivity index (χ2v) is 7.14. The first-order valence-electron chi connectivity index (χ1n) is 8.78. The van der Waals surface area contributed by atoms with Crippen molar-refractivity contribution in [2.75, 3.05) is 13.9 Å². The van der Waals surface area contributed by atoms with Gasteiger partial charge in [0.2, 0.25) is 12.6 Å². The predicted molar refractivity (Wildman–Crippen MR) is 90.4 cm³/mol. The van der Waals surface area contributed by atoms with Crippen LogP contribution >= 0.6 is 0 Å². The van der Waals surface area contributed by atoms with E-state index in [9.17, 15) is 9.59 Å². The second kappa shape index (κ2) is 5.61. The van der Waals surface area contributed by atoms with Crippen molar-refractivity contribution < 1.29 is 23.8 Å². The van der Waals surface area contributed by atoms with Crippen molar-refractivity contribution in [3.8, 4) is 11.5 Å². The third-order valence-electron chi connectivity index (χ3n) is 6.03. The number of hydrogen-bond acceptors (Lipinski definition) is 5. The minimum Gasteiger partial charge on any atom is -0.493 e. The molecule has 1 heterocycles. The van der Waals surface area contributed by atoms with E-state index in [1.807, 2.05) is 18.2 Å². The third-order valence-corrected chi connectivity index (χ3v) is 6.03. The molecule has 5 heteroatoms. The molecule has 1 aliphatic heterocycles. The number of methoxy groups -OCH3 is 1. The van der Waals surface area contributed by atoms with E-state index in [2.05, 4.69) is 13.8 Å². The Balaban J connectivity index is 1.83. The lowest BCUT2D eigenvalue weighted by atomic mass is 9.71. The number of hydrogen-bond donors (Lipinski definition) is 0. The lowest BCUT2D eigenvalue weighted by Crippen LogP contribution is -2.38. The summed E-state index contributed by atoms with van der Waals surface area (Å²) >= 11 is 0. The second-order valence-electron chi connectivity index (χ2n) is 7.14. The van der Waals surface area contributed by atoms with Crippen LogP contribution in [0, 0.1) is 17.3 Å². The highest BCUT2D eigenvalue weighted by Gasteiger charge is 2.62. The summed E-state index contributed by atoms with van der Waals surface area (Å²) in [4.78, 5) is 26.1. The summed E-state index contributed by atoms with van der Waals surface area (Å²) in [5.74, 6) is 0.702. The zero-order chi connectivity index (χ0) is 17.8. The maximum atomic E-state index is 13.2. The summed E-state index contributed by atoms with van der Waals surface area (Å²) in [7, 11) is 1.50. The van der Waals surface area contributed by atoms with Gasteiger partial charge in [-0.05, 0) is 36.1 Å². The average molecular weight is 342 g/mol. The predicted octanol–water partition coefficient (Wildman–Crippen LogP) is 3.23. The van der Waals surface area contributed by atoms with Gasteiger partial charge in [-0.3, -0.25) is 9.59 Å². The molecule has 3 aliphatic rings. The van der Waals surface area contributed by atoms with Crippen LogP contribution in [0.3, 0.4) is 0 Å². The molecule has 132 valence electrons. The molecule has 5 nitrogen and oxygen atoms in total. The van der Waals surface area contributed by atoms with Gasteiger partial charge in [0.05, 0.1) is 18.4 Å². The lowest BCUT2D eigenvalue weighted by Gasteiger charge is -2.31. The SMILES string of the molecule is CCC[C@@]12C=C(OC)C(=O)[C@@H](C1=O)[C@H](c1ccc3c(c1)OCO3)[C@@H]2C. The van der Waals surface area contributed by atoms with Gasteiger partial charge in [0, 0.05) is 5.92 Å². The van der Waals surface area contributed by atoms with E-state index in [0.717, 1.165) is 18.4 Å². The summed E-state index contributed by atoms with van der Waals surface area (Å²) in [6.07, 6.45) is 3.39. The Morgan fingerprint density at radius 3 is 2.72 bits per heavy atom. The summed E-state index contributed by atoms with van der Waals surface area (Å²) < 4.78 is 16.2. The average Bonchev–Trinajstić information content (AvgIpc) is 3.13. The molecule has 0 spiro atoms. The first-order chi connectivity index (χ1) is 12.0. The molecule has 1 saturated carbocycles. The van der Waals surface area contributed by atoms with Crippen molar-refractivity contribution in [1.29, 1.82) is 0 Å². The molecular weight excluding hydrogens is 320 g/mol. The Hall–Kier alpha value is -2.30. The van der Waals surface area contributed by atoms with Gasteiger partial charge in [-0.15, -0.1) is 0 Å². The number of allylic oxidation sites excluding steroid dienone is 2. The molecule has 2 bridgehead atoms. The normalized spacial score (nSPS) is 32.8. The van der Waals surface area contributed by atoms with Gasteiger partial charge >= 0.3 is 0 Å². The maximum absolute atomic E-state index is 13.2. The van der Waals surface area contributed by atoms with Crippen LogP contribution < -0.4 is 9.47 Å². The van der Waals surface area contributed by atoms with E-state index in [1.54, 1.807) is 6.08 Å². The Morgan fingerprint density at radius 1 is 1.24 bits per heavy atom. The molecular formula is C20H22O5. The zero-order valence-electron chi connectivity index (χ0n) is 14.7. The molecule has 0 aromatic heterocycles. The van der Waals surface area contributed by atoms with Crippen LogP contribution in [0.5, 0.6) is 11.5 Å². The van der Waals surface area contributed by atoms with E-state index < -0.39 is 11.3 Å². The Morgan fingerprint density at radius 2 is 2.00 bits per heavy atom. The summed E-state index contributed by atoms with van der Waals surface area (Å²) in [6, 6.07) is 5.72. The van der Waals surface area contributed by atoms with E-state index >= 15 is 0 Å². The van der Waals surface area contributed by atoms with Crippen molar-refractivity contribution in [3.05, 3.63) is 35.6 Å². The maximum Gasteiger partial charge on any atom is 0.231 e. The number of rotatable bonds is 4. The quantitative estimate of drug-likeness (QED) is 0.786. The molecule has 1 aromatic carbocycles. The highest BCUT2D eigenvalue weighted by molar-refractivity contribution is 6.17. The Kier molecular flexibility index (Phi) is 3.63. The molecule has 0 saturated heterocycles. The molecule has 4 atom stereocenters. The van der Waals surface area contributed by atoms with Gasteiger partial charge in [-0.2, -0.15) is 0 Å². The fourth-order valence-electron chi connectivity index (χ4n) is 4.83. The molecule has 4 rings (SSSR count). The van der Waals surface area contributed by atoms with Gasteiger partial charge < -0.3 is 14.2 Å². The van der Waals surface area contributed by atoms with Crippen LogP contribution in [0.1, 0.15) is 38.2 Å². The van der Waals surface area contributed by atoms with E-state index in [-0.39, 0.29) is 30.2 Å². The summed E-state index contributed by atoms with van der Waals surface area (Å²) in [6.45, 7) is 4.34.